The number of hydrogen-bond donors (Lipinski definition) is 0. The van der Waals surface area contributed by atoms with Crippen molar-refractivity contribution in [1.82, 2.24) is 9.13 Å². The summed E-state index contributed by atoms with van der Waals surface area (Å²) >= 11 is 1.85. The van der Waals surface area contributed by atoms with Gasteiger partial charge < -0.3 is 13.6 Å². The Morgan fingerprint density at radius 1 is 0.362 bits per heavy atom. The van der Waals surface area contributed by atoms with Crippen molar-refractivity contribution in [3.8, 4) is 33.6 Å². The molecular weight excluding hydrogens is 725 g/mol. The van der Waals surface area contributed by atoms with Gasteiger partial charge in [-0.05, 0) is 77.4 Å². The Morgan fingerprint density at radius 3 is 1.88 bits per heavy atom. The van der Waals surface area contributed by atoms with Crippen molar-refractivity contribution in [1.29, 1.82) is 0 Å². The zero-order valence-electron chi connectivity index (χ0n) is 31.2. The number of furan rings is 1. The molecular formula is C54H32N2OS. The molecule has 0 saturated carbocycles. The quantitative estimate of drug-likeness (QED) is 0.175. The lowest BCUT2D eigenvalue weighted by molar-refractivity contribution is 0.670. The molecule has 0 amide bonds. The average molecular weight is 757 g/mol. The predicted octanol–water partition coefficient (Wildman–Crippen LogP) is 15.5. The van der Waals surface area contributed by atoms with Crippen LogP contribution in [0, 0.1) is 0 Å². The summed E-state index contributed by atoms with van der Waals surface area (Å²) in [7, 11) is 0. The highest BCUT2D eigenvalue weighted by Crippen LogP contribution is 2.46. The average Bonchev–Trinajstić information content (AvgIpc) is 4.04. The summed E-state index contributed by atoms with van der Waals surface area (Å²) in [6.07, 6.45) is 0. The van der Waals surface area contributed by atoms with E-state index in [1.807, 2.05) is 11.3 Å². The van der Waals surface area contributed by atoms with Gasteiger partial charge in [0, 0.05) is 69.4 Å². The summed E-state index contributed by atoms with van der Waals surface area (Å²) in [4.78, 5) is 0. The standard InChI is InChI=1S/C54H32N2OS/c1-2-12-33(13-3-1)34-24-26-35(27-25-34)55-46-21-8-5-15-42(46)52-47(55)30-29-39-37-14-4-7-20-45(37)56(53(39)52)36-28-31-48-44(32-36)41-19-10-18-40(54(41)57-48)38-17-11-23-50-51(38)43-16-6-9-22-49(43)58-50/h1-32H. The zero-order chi connectivity index (χ0) is 37.9. The second-order valence-corrected chi connectivity index (χ2v) is 16.3. The second kappa shape index (κ2) is 12.1. The van der Waals surface area contributed by atoms with Gasteiger partial charge >= 0.3 is 0 Å². The van der Waals surface area contributed by atoms with Crippen molar-refractivity contribution < 1.29 is 4.42 Å². The maximum Gasteiger partial charge on any atom is 0.143 e. The van der Waals surface area contributed by atoms with E-state index < -0.39 is 0 Å². The van der Waals surface area contributed by atoms with E-state index in [1.54, 1.807) is 0 Å². The van der Waals surface area contributed by atoms with Gasteiger partial charge in [0.05, 0.1) is 22.1 Å². The molecule has 0 saturated heterocycles. The summed E-state index contributed by atoms with van der Waals surface area (Å²) in [6.45, 7) is 0. The molecule has 9 aromatic carbocycles. The fraction of sp³-hybridized carbons (Fsp3) is 0. The number of fused-ring (bicyclic) bond motifs is 13. The molecule has 0 fully saturated rings. The lowest BCUT2D eigenvalue weighted by Crippen LogP contribution is -1.95. The number of hydrogen-bond acceptors (Lipinski definition) is 2. The molecule has 0 unspecified atom stereocenters. The van der Waals surface area contributed by atoms with Crippen LogP contribution in [0.25, 0.3) is 119 Å². The van der Waals surface area contributed by atoms with Crippen molar-refractivity contribution in [2.45, 2.75) is 0 Å². The van der Waals surface area contributed by atoms with E-state index in [0.29, 0.717) is 0 Å². The van der Waals surface area contributed by atoms with Gasteiger partial charge in [-0.25, -0.2) is 0 Å². The topological polar surface area (TPSA) is 23.0 Å². The Hall–Kier alpha value is -7.40. The van der Waals surface area contributed by atoms with E-state index in [4.69, 9.17) is 4.42 Å². The maximum absolute atomic E-state index is 6.83. The molecule has 0 N–H and O–H groups in total. The molecule has 4 heteroatoms. The first-order valence-corrected chi connectivity index (χ1v) is 20.6. The summed E-state index contributed by atoms with van der Waals surface area (Å²) in [6, 6.07) is 70.5. The van der Waals surface area contributed by atoms with Crippen molar-refractivity contribution in [3.63, 3.8) is 0 Å². The van der Waals surface area contributed by atoms with Crippen LogP contribution in [0.2, 0.25) is 0 Å². The molecule has 0 aliphatic heterocycles. The van der Waals surface area contributed by atoms with E-state index in [2.05, 4.69) is 203 Å². The van der Waals surface area contributed by atoms with Crippen molar-refractivity contribution >= 4 is 97.1 Å². The van der Waals surface area contributed by atoms with Crippen LogP contribution in [0.4, 0.5) is 0 Å². The minimum absolute atomic E-state index is 0.884. The fourth-order valence-electron chi connectivity index (χ4n) is 9.63. The molecule has 3 nitrogen and oxygen atoms in total. The van der Waals surface area contributed by atoms with E-state index in [9.17, 15) is 0 Å². The molecule has 4 heterocycles. The largest absolute Gasteiger partial charge is 0.455 e. The first kappa shape index (κ1) is 31.8. The molecule has 0 spiro atoms. The third kappa shape index (κ3) is 4.43. The molecule has 0 radical (unpaired) electrons. The first-order valence-electron chi connectivity index (χ1n) is 19.8. The fourth-order valence-corrected chi connectivity index (χ4v) is 10.8. The Bertz CT molecular complexity index is 3790. The highest BCUT2D eigenvalue weighted by atomic mass is 32.1. The molecule has 0 atom stereocenters. The summed E-state index contributed by atoms with van der Waals surface area (Å²) in [5.74, 6) is 0. The minimum atomic E-state index is 0.884. The smallest absolute Gasteiger partial charge is 0.143 e. The lowest BCUT2D eigenvalue weighted by atomic mass is 9.97. The first-order chi connectivity index (χ1) is 28.8. The van der Waals surface area contributed by atoms with Gasteiger partial charge in [-0.15, -0.1) is 11.3 Å². The number of rotatable bonds is 4. The van der Waals surface area contributed by atoms with E-state index in [1.165, 1.54) is 80.5 Å². The van der Waals surface area contributed by atoms with Gasteiger partial charge in [0.25, 0.3) is 0 Å². The van der Waals surface area contributed by atoms with Crippen LogP contribution < -0.4 is 0 Å². The minimum Gasteiger partial charge on any atom is -0.455 e. The van der Waals surface area contributed by atoms with Crippen LogP contribution in [-0.4, -0.2) is 9.13 Å². The van der Waals surface area contributed by atoms with Crippen LogP contribution in [0.5, 0.6) is 0 Å². The lowest BCUT2D eigenvalue weighted by Gasteiger charge is -2.11. The Kier molecular flexibility index (Phi) is 6.60. The van der Waals surface area contributed by atoms with Gasteiger partial charge in [0.2, 0.25) is 0 Å². The number of para-hydroxylation sites is 3. The van der Waals surface area contributed by atoms with Gasteiger partial charge in [0.1, 0.15) is 11.2 Å². The monoisotopic (exact) mass is 756 g/mol. The summed E-state index contributed by atoms with van der Waals surface area (Å²) in [5.41, 5.74) is 13.5. The van der Waals surface area contributed by atoms with Crippen molar-refractivity contribution in [2.75, 3.05) is 0 Å². The van der Waals surface area contributed by atoms with Crippen LogP contribution in [0.3, 0.4) is 0 Å². The second-order valence-electron chi connectivity index (χ2n) is 15.2. The van der Waals surface area contributed by atoms with E-state index in [-0.39, 0.29) is 0 Å². The highest BCUT2D eigenvalue weighted by molar-refractivity contribution is 7.25. The SMILES string of the molecule is c1ccc(-c2ccc(-n3c4ccccc4c4c3ccc3c5ccccc5n(-c5ccc6oc7c(-c8cccc9sc%10ccccc%10c89)cccc7c6c5)c34)cc2)cc1. The van der Waals surface area contributed by atoms with E-state index in [0.717, 1.165) is 38.9 Å². The molecule has 4 aromatic heterocycles. The normalized spacial score (nSPS) is 12.1. The Balaban J connectivity index is 1.06. The predicted molar refractivity (Wildman–Crippen MR) is 246 cm³/mol. The molecule has 0 aliphatic carbocycles. The highest BCUT2D eigenvalue weighted by Gasteiger charge is 2.22. The van der Waals surface area contributed by atoms with Gasteiger partial charge in [0.15, 0.2) is 0 Å². The molecule has 13 rings (SSSR count). The number of thiophene rings is 1. The van der Waals surface area contributed by atoms with Crippen LogP contribution in [0.1, 0.15) is 0 Å². The van der Waals surface area contributed by atoms with Gasteiger partial charge in [-0.2, -0.15) is 0 Å². The van der Waals surface area contributed by atoms with E-state index >= 15 is 0 Å². The number of nitrogens with zero attached hydrogens (tertiary/aromatic N) is 2. The van der Waals surface area contributed by atoms with Crippen LogP contribution >= 0.6 is 11.3 Å². The number of aromatic nitrogens is 2. The third-order valence-electron chi connectivity index (χ3n) is 12.1. The number of benzene rings is 9. The van der Waals surface area contributed by atoms with Crippen molar-refractivity contribution in [2.24, 2.45) is 0 Å². The van der Waals surface area contributed by atoms with Gasteiger partial charge in [-0.3, -0.25) is 0 Å². The summed E-state index contributed by atoms with van der Waals surface area (Å²) in [5, 5.41) is 9.75. The third-order valence-corrected chi connectivity index (χ3v) is 13.3. The zero-order valence-corrected chi connectivity index (χ0v) is 32.0. The Morgan fingerprint density at radius 2 is 1.02 bits per heavy atom. The molecule has 58 heavy (non-hydrogen) atoms. The molecule has 0 aliphatic rings. The maximum atomic E-state index is 6.83. The molecule has 0 bridgehead atoms. The van der Waals surface area contributed by atoms with Gasteiger partial charge in [-0.1, -0.05) is 133 Å². The van der Waals surface area contributed by atoms with Crippen LogP contribution in [-0.2, 0) is 0 Å². The summed E-state index contributed by atoms with van der Waals surface area (Å²) < 4.78 is 14.3. The van der Waals surface area contributed by atoms with Crippen LogP contribution in [0.15, 0.2) is 199 Å². The molecule has 270 valence electrons. The molecule has 13 aromatic rings. The Labute approximate surface area is 336 Å². The van der Waals surface area contributed by atoms with Crippen molar-refractivity contribution in [3.05, 3.63) is 194 Å².